The summed E-state index contributed by atoms with van der Waals surface area (Å²) in [5.41, 5.74) is 0.486. The summed E-state index contributed by atoms with van der Waals surface area (Å²) in [6.45, 7) is 2.03. The summed E-state index contributed by atoms with van der Waals surface area (Å²) in [7, 11) is 0. The van der Waals surface area contributed by atoms with Crippen molar-refractivity contribution in [3.8, 4) is 0 Å². The number of nitrogens with one attached hydrogen (secondary N) is 1. The van der Waals surface area contributed by atoms with Gasteiger partial charge in [0.05, 0.1) is 0 Å². The molecule has 0 spiro atoms. The van der Waals surface area contributed by atoms with E-state index in [1.54, 1.807) is 18.2 Å². The molecule has 4 nitrogen and oxygen atoms in total. The maximum atomic E-state index is 12.0. The molecule has 0 aromatic heterocycles. The fraction of sp³-hybridized carbons (Fsp3) is 0.467. The quantitative estimate of drug-likeness (QED) is 0.881. The zero-order chi connectivity index (χ0) is 15.2. The third kappa shape index (κ3) is 5.00. The Morgan fingerprint density at radius 3 is 2.57 bits per heavy atom. The lowest BCUT2D eigenvalue weighted by atomic mass is 10.1. The molecule has 1 fully saturated rings. The van der Waals surface area contributed by atoms with Crippen molar-refractivity contribution in [2.24, 2.45) is 0 Å². The largest absolute Gasteiger partial charge is 0.352 e. The van der Waals surface area contributed by atoms with Gasteiger partial charge in [0.15, 0.2) is 0 Å². The van der Waals surface area contributed by atoms with Crippen LogP contribution in [-0.4, -0.2) is 36.3 Å². The van der Waals surface area contributed by atoms with E-state index in [2.05, 4.69) is 21.2 Å². The first-order chi connectivity index (χ1) is 10.1. The van der Waals surface area contributed by atoms with Gasteiger partial charge < -0.3 is 10.2 Å². The normalized spacial score (nSPS) is 14.9. The zero-order valence-electron chi connectivity index (χ0n) is 11.7. The van der Waals surface area contributed by atoms with Crippen LogP contribution in [0.3, 0.4) is 0 Å². The van der Waals surface area contributed by atoms with Crippen LogP contribution in [0.15, 0.2) is 22.7 Å². The molecule has 0 radical (unpaired) electrons. The Kier molecular flexibility index (Phi) is 6.06. The number of carbonyl (C=O) groups is 2. The Morgan fingerprint density at radius 1 is 1.19 bits per heavy atom. The van der Waals surface area contributed by atoms with Gasteiger partial charge in [-0.3, -0.25) is 9.59 Å². The van der Waals surface area contributed by atoms with Crippen LogP contribution in [0, 0.1) is 0 Å². The highest BCUT2D eigenvalue weighted by Crippen LogP contribution is 2.19. The average molecular weight is 374 g/mol. The van der Waals surface area contributed by atoms with Crippen LogP contribution in [0.5, 0.6) is 0 Å². The first-order valence-corrected chi connectivity index (χ1v) is 8.25. The molecule has 1 aliphatic heterocycles. The number of amides is 2. The number of benzene rings is 1. The molecule has 21 heavy (non-hydrogen) atoms. The van der Waals surface area contributed by atoms with Crippen LogP contribution >= 0.6 is 27.5 Å². The number of piperidine rings is 1. The molecular formula is C15H18BrClN2O2. The molecule has 0 atom stereocenters. The van der Waals surface area contributed by atoms with Gasteiger partial charge in [-0.15, -0.1) is 0 Å². The maximum Gasteiger partial charge on any atom is 0.251 e. The molecular weight excluding hydrogens is 356 g/mol. The number of halogens is 2. The van der Waals surface area contributed by atoms with Gasteiger partial charge >= 0.3 is 0 Å². The van der Waals surface area contributed by atoms with Crippen molar-refractivity contribution in [3.63, 3.8) is 0 Å². The van der Waals surface area contributed by atoms with Crippen LogP contribution < -0.4 is 5.32 Å². The first kappa shape index (κ1) is 16.3. The van der Waals surface area contributed by atoms with Crippen molar-refractivity contribution >= 4 is 39.3 Å². The lowest BCUT2D eigenvalue weighted by Gasteiger charge is -2.26. The van der Waals surface area contributed by atoms with Gasteiger partial charge in [-0.25, -0.2) is 0 Å². The van der Waals surface area contributed by atoms with Crippen molar-refractivity contribution in [1.29, 1.82) is 0 Å². The summed E-state index contributed by atoms with van der Waals surface area (Å²) in [5.74, 6) is -0.105. The number of hydrogen-bond donors (Lipinski definition) is 1. The zero-order valence-corrected chi connectivity index (χ0v) is 14.0. The number of hydrogen-bond acceptors (Lipinski definition) is 2. The molecule has 2 rings (SSSR count). The summed E-state index contributed by atoms with van der Waals surface area (Å²) in [6, 6.07) is 5.03. The number of likely N-dealkylation sites (tertiary alicyclic amines) is 1. The third-order valence-electron chi connectivity index (χ3n) is 3.46. The fourth-order valence-electron chi connectivity index (χ4n) is 2.37. The van der Waals surface area contributed by atoms with Gasteiger partial charge in [-0.2, -0.15) is 0 Å². The second-order valence-corrected chi connectivity index (χ2v) is 6.46. The molecule has 0 saturated carbocycles. The highest BCUT2D eigenvalue weighted by atomic mass is 79.9. The first-order valence-electron chi connectivity index (χ1n) is 7.08. The van der Waals surface area contributed by atoms with Gasteiger partial charge in [0.1, 0.15) is 0 Å². The van der Waals surface area contributed by atoms with Gasteiger partial charge in [-0.1, -0.05) is 27.5 Å². The Morgan fingerprint density at radius 2 is 1.90 bits per heavy atom. The molecule has 2 amide bonds. The molecule has 0 unspecified atom stereocenters. The van der Waals surface area contributed by atoms with E-state index in [0.29, 0.717) is 23.6 Å². The molecule has 0 bridgehead atoms. The monoisotopic (exact) mass is 372 g/mol. The van der Waals surface area contributed by atoms with E-state index >= 15 is 0 Å². The van der Waals surface area contributed by atoms with Gasteiger partial charge in [0, 0.05) is 41.1 Å². The molecule has 1 aliphatic rings. The van der Waals surface area contributed by atoms with Gasteiger partial charge in [-0.05, 0) is 37.5 Å². The summed E-state index contributed by atoms with van der Waals surface area (Å²) in [4.78, 5) is 25.8. The van der Waals surface area contributed by atoms with Crippen molar-refractivity contribution in [3.05, 3.63) is 33.3 Å². The van der Waals surface area contributed by atoms with E-state index in [0.717, 1.165) is 30.4 Å². The Bertz CT molecular complexity index is 510. The lowest BCUT2D eigenvalue weighted by Crippen LogP contribution is -2.37. The molecule has 1 saturated heterocycles. The van der Waals surface area contributed by atoms with Gasteiger partial charge in [0.2, 0.25) is 5.91 Å². The summed E-state index contributed by atoms with van der Waals surface area (Å²) >= 11 is 9.21. The van der Waals surface area contributed by atoms with Crippen LogP contribution in [0.25, 0.3) is 0 Å². The van der Waals surface area contributed by atoms with E-state index in [9.17, 15) is 9.59 Å². The summed E-state index contributed by atoms with van der Waals surface area (Å²) in [6.07, 6.45) is 3.70. The average Bonchev–Trinajstić information content (AvgIpc) is 2.47. The topological polar surface area (TPSA) is 49.4 Å². The predicted molar refractivity (Wildman–Crippen MR) is 86.5 cm³/mol. The van der Waals surface area contributed by atoms with E-state index in [4.69, 9.17) is 11.6 Å². The predicted octanol–water partition coefficient (Wildman–Crippen LogP) is 3.23. The SMILES string of the molecule is O=C(NCCC(=O)N1CCCCC1)c1cc(Cl)cc(Br)c1. The van der Waals surface area contributed by atoms with Crippen molar-refractivity contribution in [1.82, 2.24) is 10.2 Å². The molecule has 1 aromatic carbocycles. The highest BCUT2D eigenvalue weighted by molar-refractivity contribution is 9.10. The van der Waals surface area contributed by atoms with Crippen molar-refractivity contribution in [2.45, 2.75) is 25.7 Å². The lowest BCUT2D eigenvalue weighted by molar-refractivity contribution is -0.131. The minimum absolute atomic E-state index is 0.113. The highest BCUT2D eigenvalue weighted by Gasteiger charge is 2.16. The Balaban J connectivity index is 1.79. The van der Waals surface area contributed by atoms with Crippen LogP contribution in [0.4, 0.5) is 0 Å². The summed E-state index contributed by atoms with van der Waals surface area (Å²) in [5, 5.41) is 3.26. The van der Waals surface area contributed by atoms with E-state index in [1.165, 1.54) is 6.42 Å². The van der Waals surface area contributed by atoms with Crippen LogP contribution in [0.1, 0.15) is 36.0 Å². The molecule has 114 valence electrons. The minimum Gasteiger partial charge on any atom is -0.352 e. The molecule has 1 heterocycles. The summed E-state index contributed by atoms with van der Waals surface area (Å²) < 4.78 is 0.754. The number of nitrogens with zero attached hydrogens (tertiary/aromatic N) is 1. The van der Waals surface area contributed by atoms with Gasteiger partial charge in [0.25, 0.3) is 5.91 Å². The van der Waals surface area contributed by atoms with Crippen molar-refractivity contribution < 1.29 is 9.59 Å². The smallest absolute Gasteiger partial charge is 0.251 e. The molecule has 1 N–H and O–H groups in total. The van der Waals surface area contributed by atoms with E-state index in [1.807, 2.05) is 4.90 Å². The number of rotatable bonds is 4. The number of carbonyl (C=O) groups excluding carboxylic acids is 2. The van der Waals surface area contributed by atoms with E-state index in [-0.39, 0.29) is 11.8 Å². The third-order valence-corrected chi connectivity index (χ3v) is 4.13. The molecule has 1 aromatic rings. The van der Waals surface area contributed by atoms with Crippen LogP contribution in [-0.2, 0) is 4.79 Å². The standard InChI is InChI=1S/C15H18BrClN2O2/c16-12-8-11(9-13(17)10-12)15(21)18-5-4-14(20)19-6-2-1-3-7-19/h8-10H,1-7H2,(H,18,21). The second-order valence-electron chi connectivity index (χ2n) is 5.11. The second kappa shape index (κ2) is 7.80. The fourth-order valence-corrected chi connectivity index (χ4v) is 3.23. The minimum atomic E-state index is -0.218. The Labute approximate surface area is 138 Å². The maximum absolute atomic E-state index is 12.0. The van der Waals surface area contributed by atoms with Crippen LogP contribution in [0.2, 0.25) is 5.02 Å². The molecule has 0 aliphatic carbocycles. The van der Waals surface area contributed by atoms with Crippen molar-refractivity contribution in [2.75, 3.05) is 19.6 Å². The Hall–Kier alpha value is -1.07. The van der Waals surface area contributed by atoms with E-state index < -0.39 is 0 Å². The molecule has 6 heteroatoms.